The highest BCUT2D eigenvalue weighted by molar-refractivity contribution is 5.86. The van der Waals surface area contributed by atoms with Crippen molar-refractivity contribution >= 4 is 16.7 Å². The molecule has 0 fully saturated rings. The van der Waals surface area contributed by atoms with E-state index in [0.29, 0.717) is 12.3 Å². The Bertz CT molecular complexity index is 875. The molecule has 0 saturated carbocycles. The number of amides is 1. The average molecular weight is 360 g/mol. The quantitative estimate of drug-likeness (QED) is 0.518. The SMILES string of the molecule is CC(C)c1ccc(CCCNC(=O)CCc2cccc3ccccc23)cc1. The van der Waals surface area contributed by atoms with Crippen LogP contribution in [0.4, 0.5) is 0 Å². The summed E-state index contributed by atoms with van der Waals surface area (Å²) in [6, 6.07) is 23.5. The normalized spacial score (nSPS) is 11.1. The molecule has 27 heavy (non-hydrogen) atoms. The fraction of sp³-hybridized carbons (Fsp3) is 0.320. The van der Waals surface area contributed by atoms with Crippen molar-refractivity contribution in [1.29, 1.82) is 0 Å². The Hall–Kier alpha value is -2.61. The molecule has 0 bridgehead atoms. The molecule has 3 rings (SSSR count). The summed E-state index contributed by atoms with van der Waals surface area (Å²) in [4.78, 5) is 12.2. The zero-order valence-electron chi connectivity index (χ0n) is 16.4. The van der Waals surface area contributed by atoms with Crippen LogP contribution in [-0.4, -0.2) is 12.5 Å². The average Bonchev–Trinajstić information content (AvgIpc) is 2.70. The van der Waals surface area contributed by atoms with Gasteiger partial charge in [0.25, 0.3) is 0 Å². The molecular weight excluding hydrogens is 330 g/mol. The summed E-state index contributed by atoms with van der Waals surface area (Å²) >= 11 is 0. The first-order chi connectivity index (χ1) is 13.1. The fourth-order valence-corrected chi connectivity index (χ4v) is 3.44. The van der Waals surface area contributed by atoms with E-state index in [2.05, 4.69) is 85.9 Å². The van der Waals surface area contributed by atoms with Gasteiger partial charge in [0.05, 0.1) is 0 Å². The highest BCUT2D eigenvalue weighted by atomic mass is 16.1. The minimum absolute atomic E-state index is 0.137. The van der Waals surface area contributed by atoms with E-state index in [1.165, 1.54) is 27.5 Å². The first kappa shape index (κ1) is 19.2. The lowest BCUT2D eigenvalue weighted by Gasteiger charge is -2.09. The molecule has 0 saturated heterocycles. The highest BCUT2D eigenvalue weighted by Gasteiger charge is 2.05. The van der Waals surface area contributed by atoms with Gasteiger partial charge in [0.1, 0.15) is 0 Å². The van der Waals surface area contributed by atoms with Crippen molar-refractivity contribution < 1.29 is 4.79 Å². The molecule has 0 aromatic heterocycles. The third kappa shape index (κ3) is 5.43. The number of fused-ring (bicyclic) bond motifs is 1. The van der Waals surface area contributed by atoms with Crippen molar-refractivity contribution in [3.63, 3.8) is 0 Å². The number of benzene rings is 3. The van der Waals surface area contributed by atoms with Crippen LogP contribution in [0, 0.1) is 0 Å². The number of carbonyl (C=O) groups is 1. The maximum atomic E-state index is 12.2. The highest BCUT2D eigenvalue weighted by Crippen LogP contribution is 2.19. The van der Waals surface area contributed by atoms with Crippen LogP contribution in [0.25, 0.3) is 10.8 Å². The first-order valence-electron chi connectivity index (χ1n) is 9.95. The van der Waals surface area contributed by atoms with Gasteiger partial charge in [-0.1, -0.05) is 80.6 Å². The smallest absolute Gasteiger partial charge is 0.220 e. The Labute approximate surface area is 162 Å². The van der Waals surface area contributed by atoms with Crippen molar-refractivity contribution in [2.45, 2.75) is 45.4 Å². The number of nitrogens with one attached hydrogen (secondary N) is 1. The Morgan fingerprint density at radius 3 is 2.41 bits per heavy atom. The predicted molar refractivity (Wildman–Crippen MR) is 114 cm³/mol. The molecule has 3 aromatic rings. The second-order valence-corrected chi connectivity index (χ2v) is 7.49. The number of hydrogen-bond acceptors (Lipinski definition) is 1. The lowest BCUT2D eigenvalue weighted by Crippen LogP contribution is -2.25. The number of hydrogen-bond donors (Lipinski definition) is 1. The maximum Gasteiger partial charge on any atom is 0.220 e. The molecule has 0 aliphatic rings. The van der Waals surface area contributed by atoms with E-state index in [1.807, 2.05) is 0 Å². The maximum absolute atomic E-state index is 12.2. The lowest BCUT2D eigenvalue weighted by molar-refractivity contribution is -0.121. The van der Waals surface area contributed by atoms with Crippen LogP contribution in [0.1, 0.15) is 49.3 Å². The molecule has 0 atom stereocenters. The molecule has 0 radical (unpaired) electrons. The molecular formula is C25H29NO. The van der Waals surface area contributed by atoms with Crippen LogP contribution in [0.3, 0.4) is 0 Å². The van der Waals surface area contributed by atoms with E-state index in [0.717, 1.165) is 25.8 Å². The molecule has 1 amide bonds. The summed E-state index contributed by atoms with van der Waals surface area (Å²) in [6.45, 7) is 5.16. The van der Waals surface area contributed by atoms with Gasteiger partial charge in [-0.15, -0.1) is 0 Å². The summed E-state index contributed by atoms with van der Waals surface area (Å²) in [5.74, 6) is 0.707. The Morgan fingerprint density at radius 1 is 0.889 bits per heavy atom. The topological polar surface area (TPSA) is 29.1 Å². The Morgan fingerprint density at radius 2 is 1.63 bits per heavy atom. The van der Waals surface area contributed by atoms with E-state index < -0.39 is 0 Å². The van der Waals surface area contributed by atoms with Gasteiger partial charge in [-0.25, -0.2) is 0 Å². The minimum atomic E-state index is 0.137. The van der Waals surface area contributed by atoms with Crippen LogP contribution < -0.4 is 5.32 Å². The Kier molecular flexibility index (Phi) is 6.64. The van der Waals surface area contributed by atoms with Gasteiger partial charge in [-0.2, -0.15) is 0 Å². The van der Waals surface area contributed by atoms with Crippen molar-refractivity contribution in [1.82, 2.24) is 5.32 Å². The minimum Gasteiger partial charge on any atom is -0.356 e. The van der Waals surface area contributed by atoms with Crippen molar-refractivity contribution in [3.05, 3.63) is 83.4 Å². The summed E-state index contributed by atoms with van der Waals surface area (Å²) < 4.78 is 0. The van der Waals surface area contributed by atoms with Gasteiger partial charge in [-0.05, 0) is 52.6 Å². The zero-order valence-corrected chi connectivity index (χ0v) is 16.4. The predicted octanol–water partition coefficient (Wildman–Crippen LogP) is 5.64. The fourth-order valence-electron chi connectivity index (χ4n) is 3.44. The number of rotatable bonds is 8. The second kappa shape index (κ2) is 9.36. The second-order valence-electron chi connectivity index (χ2n) is 7.49. The van der Waals surface area contributed by atoms with Gasteiger partial charge in [0.2, 0.25) is 5.91 Å². The zero-order chi connectivity index (χ0) is 19.1. The number of carbonyl (C=O) groups excluding carboxylic acids is 1. The van der Waals surface area contributed by atoms with E-state index in [-0.39, 0.29) is 5.91 Å². The molecule has 0 heterocycles. The van der Waals surface area contributed by atoms with E-state index in [1.54, 1.807) is 0 Å². The van der Waals surface area contributed by atoms with E-state index in [4.69, 9.17) is 0 Å². The summed E-state index contributed by atoms with van der Waals surface area (Å²) in [7, 11) is 0. The van der Waals surface area contributed by atoms with Crippen molar-refractivity contribution in [3.8, 4) is 0 Å². The first-order valence-corrected chi connectivity index (χ1v) is 9.95. The molecule has 1 N–H and O–H groups in total. The van der Waals surface area contributed by atoms with Crippen LogP contribution in [-0.2, 0) is 17.6 Å². The molecule has 0 aliphatic carbocycles. The molecule has 2 heteroatoms. The Balaban J connectivity index is 1.41. The molecule has 0 spiro atoms. The lowest BCUT2D eigenvalue weighted by atomic mass is 10.0. The molecule has 0 aliphatic heterocycles. The van der Waals surface area contributed by atoms with Gasteiger partial charge in [0.15, 0.2) is 0 Å². The van der Waals surface area contributed by atoms with Gasteiger partial charge >= 0.3 is 0 Å². The van der Waals surface area contributed by atoms with Gasteiger partial charge in [0, 0.05) is 13.0 Å². The van der Waals surface area contributed by atoms with Crippen LogP contribution in [0.2, 0.25) is 0 Å². The monoisotopic (exact) mass is 359 g/mol. The van der Waals surface area contributed by atoms with Crippen molar-refractivity contribution in [2.24, 2.45) is 0 Å². The van der Waals surface area contributed by atoms with E-state index >= 15 is 0 Å². The summed E-state index contributed by atoms with van der Waals surface area (Å²) in [5, 5.41) is 5.54. The van der Waals surface area contributed by atoms with Gasteiger partial charge in [-0.3, -0.25) is 4.79 Å². The van der Waals surface area contributed by atoms with E-state index in [9.17, 15) is 4.79 Å². The molecule has 3 aromatic carbocycles. The van der Waals surface area contributed by atoms with Crippen LogP contribution in [0.5, 0.6) is 0 Å². The van der Waals surface area contributed by atoms with Gasteiger partial charge < -0.3 is 5.32 Å². The van der Waals surface area contributed by atoms with Crippen molar-refractivity contribution in [2.75, 3.05) is 6.54 Å². The number of aryl methyl sites for hydroxylation is 2. The molecule has 2 nitrogen and oxygen atoms in total. The summed E-state index contributed by atoms with van der Waals surface area (Å²) in [5.41, 5.74) is 3.96. The standard InChI is InChI=1S/C25H29NO/c1-19(2)21-14-12-20(13-15-21)7-6-18-26-25(27)17-16-23-10-5-9-22-8-3-4-11-24(22)23/h3-5,8-15,19H,6-7,16-18H2,1-2H3,(H,26,27). The van der Waals surface area contributed by atoms with Crippen LogP contribution >= 0.6 is 0 Å². The largest absolute Gasteiger partial charge is 0.356 e. The molecule has 140 valence electrons. The third-order valence-electron chi connectivity index (χ3n) is 5.11. The van der Waals surface area contributed by atoms with Crippen LogP contribution in [0.15, 0.2) is 66.7 Å². The summed E-state index contributed by atoms with van der Waals surface area (Å²) in [6.07, 6.45) is 3.30. The third-order valence-corrected chi connectivity index (χ3v) is 5.11. The molecule has 0 unspecified atom stereocenters.